The van der Waals surface area contributed by atoms with Gasteiger partial charge in [-0.05, 0) is 47.5 Å². The maximum atomic E-state index is 13.2. The lowest BCUT2D eigenvalue weighted by atomic mass is 9.88. The summed E-state index contributed by atoms with van der Waals surface area (Å²) in [5.74, 6) is -1.20. The third-order valence-electron chi connectivity index (χ3n) is 5.39. The van der Waals surface area contributed by atoms with Crippen molar-refractivity contribution in [2.45, 2.75) is 19.4 Å². The van der Waals surface area contributed by atoms with E-state index in [1.165, 1.54) is 6.92 Å². The van der Waals surface area contributed by atoms with Crippen molar-refractivity contribution >= 4 is 45.9 Å². The summed E-state index contributed by atoms with van der Waals surface area (Å²) in [5, 5.41) is 9.86. The van der Waals surface area contributed by atoms with Gasteiger partial charge < -0.3 is 16.0 Å². The smallest absolute Gasteiger partial charge is 0.325 e. The van der Waals surface area contributed by atoms with Gasteiger partial charge in [-0.3, -0.25) is 19.3 Å². The number of nitrogens with zero attached hydrogens (tertiary/aromatic N) is 1. The van der Waals surface area contributed by atoms with E-state index in [0.717, 1.165) is 15.7 Å². The molecule has 0 radical (unpaired) electrons. The van der Waals surface area contributed by atoms with Gasteiger partial charge in [0.1, 0.15) is 12.1 Å². The molecule has 0 aromatic heterocycles. The van der Waals surface area contributed by atoms with Gasteiger partial charge in [0.15, 0.2) is 0 Å². The molecular formula is C24H22N4O4. The highest BCUT2D eigenvalue weighted by molar-refractivity contribution is 6.11. The number of amides is 5. The predicted molar refractivity (Wildman–Crippen MR) is 121 cm³/mol. The van der Waals surface area contributed by atoms with Crippen LogP contribution in [-0.4, -0.2) is 35.2 Å². The van der Waals surface area contributed by atoms with Crippen molar-refractivity contribution in [2.24, 2.45) is 0 Å². The van der Waals surface area contributed by atoms with Gasteiger partial charge in [-0.2, -0.15) is 0 Å². The molecule has 0 saturated carbocycles. The summed E-state index contributed by atoms with van der Waals surface area (Å²) < 4.78 is 0. The zero-order valence-corrected chi connectivity index (χ0v) is 17.6. The van der Waals surface area contributed by atoms with Crippen LogP contribution < -0.4 is 16.0 Å². The summed E-state index contributed by atoms with van der Waals surface area (Å²) in [6, 6.07) is 19.1. The number of rotatable bonds is 5. The van der Waals surface area contributed by atoms with Gasteiger partial charge in [0, 0.05) is 18.3 Å². The van der Waals surface area contributed by atoms with Crippen LogP contribution in [0, 0.1) is 0 Å². The minimum atomic E-state index is -1.28. The summed E-state index contributed by atoms with van der Waals surface area (Å²) in [7, 11) is 0. The molecule has 3 aromatic rings. The maximum Gasteiger partial charge on any atom is 0.325 e. The predicted octanol–water partition coefficient (Wildman–Crippen LogP) is 3.20. The Hall–Kier alpha value is -4.20. The molecule has 8 nitrogen and oxygen atoms in total. The van der Waals surface area contributed by atoms with Crippen molar-refractivity contribution in [1.82, 2.24) is 10.2 Å². The maximum absolute atomic E-state index is 13.2. The Kier molecular flexibility index (Phi) is 5.36. The second-order valence-electron chi connectivity index (χ2n) is 7.78. The first kappa shape index (κ1) is 21.0. The van der Waals surface area contributed by atoms with Crippen LogP contribution in [0.4, 0.5) is 16.2 Å². The zero-order chi connectivity index (χ0) is 22.9. The van der Waals surface area contributed by atoms with Crippen molar-refractivity contribution in [2.75, 3.05) is 17.2 Å². The van der Waals surface area contributed by atoms with Crippen molar-refractivity contribution in [3.8, 4) is 0 Å². The molecule has 1 saturated heterocycles. The van der Waals surface area contributed by atoms with Crippen LogP contribution in [0.3, 0.4) is 0 Å². The second kappa shape index (κ2) is 8.14. The topological polar surface area (TPSA) is 108 Å². The molecule has 32 heavy (non-hydrogen) atoms. The Labute approximate surface area is 184 Å². The van der Waals surface area contributed by atoms with Crippen LogP contribution in [-0.2, 0) is 19.9 Å². The highest BCUT2D eigenvalue weighted by atomic mass is 16.2. The minimum absolute atomic E-state index is 0.199. The highest BCUT2D eigenvalue weighted by Crippen LogP contribution is 2.33. The van der Waals surface area contributed by atoms with E-state index in [4.69, 9.17) is 0 Å². The lowest BCUT2D eigenvalue weighted by molar-refractivity contribution is -0.133. The number of anilines is 2. The summed E-state index contributed by atoms with van der Waals surface area (Å²) in [5.41, 5.74) is 0.465. The van der Waals surface area contributed by atoms with Crippen LogP contribution >= 0.6 is 0 Å². The minimum Gasteiger partial charge on any atom is -0.326 e. The van der Waals surface area contributed by atoms with Crippen molar-refractivity contribution in [1.29, 1.82) is 0 Å². The molecule has 1 aliphatic heterocycles. The van der Waals surface area contributed by atoms with Gasteiger partial charge in [-0.25, -0.2) is 4.79 Å². The van der Waals surface area contributed by atoms with Crippen LogP contribution in [0.2, 0.25) is 0 Å². The molecule has 5 amide bonds. The van der Waals surface area contributed by atoms with Gasteiger partial charge in [0.05, 0.1) is 0 Å². The van der Waals surface area contributed by atoms with Gasteiger partial charge >= 0.3 is 6.03 Å². The third-order valence-corrected chi connectivity index (χ3v) is 5.39. The number of nitrogens with one attached hydrogen (secondary N) is 3. The van der Waals surface area contributed by atoms with E-state index in [1.54, 1.807) is 37.3 Å². The number of imide groups is 1. The first-order valence-electron chi connectivity index (χ1n) is 10.1. The molecule has 1 atom stereocenters. The van der Waals surface area contributed by atoms with E-state index in [2.05, 4.69) is 16.0 Å². The number of fused-ring (bicyclic) bond motifs is 1. The molecule has 162 valence electrons. The average molecular weight is 430 g/mol. The molecule has 1 heterocycles. The molecule has 0 unspecified atom stereocenters. The Morgan fingerprint density at radius 1 is 0.906 bits per heavy atom. The van der Waals surface area contributed by atoms with E-state index >= 15 is 0 Å². The Balaban J connectivity index is 1.50. The number of hydrogen-bond acceptors (Lipinski definition) is 4. The molecule has 0 bridgehead atoms. The Morgan fingerprint density at radius 3 is 2.22 bits per heavy atom. The molecule has 1 fully saturated rings. The van der Waals surface area contributed by atoms with Crippen molar-refractivity contribution < 1.29 is 19.2 Å². The SMILES string of the molecule is CC(=O)Nc1ccc(NC(=O)CN2C(=O)N[C@@](C)(c3cccc4ccccc34)C2=O)cc1. The van der Waals surface area contributed by atoms with Crippen LogP contribution in [0.1, 0.15) is 19.4 Å². The lowest BCUT2D eigenvalue weighted by Gasteiger charge is -2.24. The summed E-state index contributed by atoms with van der Waals surface area (Å²) in [6.07, 6.45) is 0. The molecule has 8 heteroatoms. The number of benzene rings is 3. The third kappa shape index (κ3) is 3.90. The molecule has 0 spiro atoms. The van der Waals surface area contributed by atoms with E-state index in [0.29, 0.717) is 16.9 Å². The van der Waals surface area contributed by atoms with Crippen LogP contribution in [0.25, 0.3) is 10.8 Å². The fourth-order valence-corrected chi connectivity index (χ4v) is 3.87. The van der Waals surface area contributed by atoms with Gasteiger partial charge in [-0.1, -0.05) is 42.5 Å². The van der Waals surface area contributed by atoms with E-state index in [1.807, 2.05) is 36.4 Å². The largest absolute Gasteiger partial charge is 0.326 e. The van der Waals surface area contributed by atoms with Crippen LogP contribution in [0.5, 0.6) is 0 Å². The van der Waals surface area contributed by atoms with Gasteiger partial charge in [-0.15, -0.1) is 0 Å². The standard InChI is InChI=1S/C24H22N4O4/c1-15(29)25-17-10-12-18(13-11-17)26-21(30)14-28-22(31)24(2,27-23(28)32)20-9-5-7-16-6-3-4-8-19(16)20/h3-13H,14H2,1-2H3,(H,25,29)(H,26,30)(H,27,32)/t24-/m0/s1. The number of urea groups is 1. The quantitative estimate of drug-likeness (QED) is 0.540. The normalized spacial score (nSPS) is 17.9. The Morgan fingerprint density at radius 2 is 1.53 bits per heavy atom. The fraction of sp³-hybridized carbons (Fsp3) is 0.167. The lowest BCUT2D eigenvalue weighted by Crippen LogP contribution is -2.42. The van der Waals surface area contributed by atoms with E-state index in [9.17, 15) is 19.2 Å². The molecule has 0 aliphatic carbocycles. The molecule has 4 rings (SSSR count). The number of hydrogen-bond donors (Lipinski definition) is 3. The van der Waals surface area contributed by atoms with E-state index < -0.39 is 29.9 Å². The summed E-state index contributed by atoms with van der Waals surface area (Å²) >= 11 is 0. The highest BCUT2D eigenvalue weighted by Gasteiger charge is 2.50. The average Bonchev–Trinajstić information content (AvgIpc) is 2.98. The van der Waals surface area contributed by atoms with Crippen LogP contribution in [0.15, 0.2) is 66.7 Å². The zero-order valence-electron chi connectivity index (χ0n) is 17.6. The molecule has 1 aliphatic rings. The summed E-state index contributed by atoms with van der Waals surface area (Å²) in [6.45, 7) is 2.63. The first-order chi connectivity index (χ1) is 15.3. The van der Waals surface area contributed by atoms with Crippen molar-refractivity contribution in [3.05, 3.63) is 72.3 Å². The summed E-state index contributed by atoms with van der Waals surface area (Å²) in [4.78, 5) is 50.4. The van der Waals surface area contributed by atoms with Crippen molar-refractivity contribution in [3.63, 3.8) is 0 Å². The van der Waals surface area contributed by atoms with Gasteiger partial charge in [0.25, 0.3) is 5.91 Å². The molecule has 3 aromatic carbocycles. The fourth-order valence-electron chi connectivity index (χ4n) is 3.87. The molecule has 3 N–H and O–H groups in total. The first-order valence-corrected chi connectivity index (χ1v) is 10.1. The number of carbonyl (C=O) groups excluding carboxylic acids is 4. The number of carbonyl (C=O) groups is 4. The van der Waals surface area contributed by atoms with Gasteiger partial charge in [0.2, 0.25) is 11.8 Å². The second-order valence-corrected chi connectivity index (χ2v) is 7.78. The Bertz CT molecular complexity index is 1230. The van der Waals surface area contributed by atoms with E-state index in [-0.39, 0.29) is 5.91 Å². The monoisotopic (exact) mass is 430 g/mol. The molecular weight excluding hydrogens is 408 g/mol.